The van der Waals surface area contributed by atoms with Crippen LogP contribution in [0.5, 0.6) is 0 Å². The highest BCUT2D eigenvalue weighted by atomic mass is 35.5. The van der Waals surface area contributed by atoms with Gasteiger partial charge in [0.1, 0.15) is 0 Å². The first kappa shape index (κ1) is 12.4. The van der Waals surface area contributed by atoms with Crippen LogP contribution in [-0.4, -0.2) is 11.9 Å². The fourth-order valence-corrected chi connectivity index (χ4v) is 0.566. The van der Waals surface area contributed by atoms with E-state index in [0.29, 0.717) is 6.42 Å². The van der Waals surface area contributed by atoms with Crippen LogP contribution in [0.15, 0.2) is 0 Å². The predicted molar refractivity (Wildman–Crippen MR) is 43.9 cm³/mol. The number of rotatable bonds is 4. The summed E-state index contributed by atoms with van der Waals surface area (Å²) in [5.41, 5.74) is 10.2. The van der Waals surface area contributed by atoms with E-state index in [1.165, 1.54) is 0 Å². The third-order valence-corrected chi connectivity index (χ3v) is 1.23. The van der Waals surface area contributed by atoms with Crippen LogP contribution >= 0.6 is 12.4 Å². The van der Waals surface area contributed by atoms with Gasteiger partial charge in [-0.1, -0.05) is 19.8 Å². The highest BCUT2D eigenvalue weighted by Crippen LogP contribution is 1.96. The maximum Gasteiger partial charge on any atom is 0.234 e. The molecular formula is C6H15ClN2O. The van der Waals surface area contributed by atoms with Crippen molar-refractivity contribution in [3.63, 3.8) is 0 Å². The predicted octanol–water partition coefficient (Wildman–Crippen LogP) is 0.411. The van der Waals surface area contributed by atoms with Gasteiger partial charge in [0, 0.05) is 0 Å². The van der Waals surface area contributed by atoms with Crippen LogP contribution < -0.4 is 11.5 Å². The summed E-state index contributed by atoms with van der Waals surface area (Å²) in [4.78, 5) is 10.3. The second kappa shape index (κ2) is 6.83. The van der Waals surface area contributed by atoms with Crippen molar-refractivity contribution in [1.29, 1.82) is 0 Å². The van der Waals surface area contributed by atoms with E-state index in [-0.39, 0.29) is 12.4 Å². The van der Waals surface area contributed by atoms with Crippen LogP contribution in [-0.2, 0) is 4.79 Å². The lowest BCUT2D eigenvalue weighted by Crippen LogP contribution is -2.36. The fourth-order valence-electron chi connectivity index (χ4n) is 0.566. The first-order chi connectivity index (χ1) is 4.18. The summed E-state index contributed by atoms with van der Waals surface area (Å²) in [6, 6.07) is -0.440. The fraction of sp³-hybridized carbons (Fsp3) is 0.833. The van der Waals surface area contributed by atoms with Gasteiger partial charge in [0.15, 0.2) is 0 Å². The van der Waals surface area contributed by atoms with Crippen LogP contribution in [0, 0.1) is 0 Å². The number of unbranched alkanes of at least 4 members (excludes halogenated alkanes) is 1. The van der Waals surface area contributed by atoms with Gasteiger partial charge in [-0.05, 0) is 6.42 Å². The van der Waals surface area contributed by atoms with E-state index in [4.69, 9.17) is 11.5 Å². The number of hydrogen-bond acceptors (Lipinski definition) is 2. The topological polar surface area (TPSA) is 69.1 Å². The lowest BCUT2D eigenvalue weighted by molar-refractivity contribution is -0.119. The van der Waals surface area contributed by atoms with Gasteiger partial charge in [-0.2, -0.15) is 0 Å². The van der Waals surface area contributed by atoms with E-state index in [1.54, 1.807) is 0 Å². The third-order valence-electron chi connectivity index (χ3n) is 1.23. The molecule has 3 nitrogen and oxygen atoms in total. The van der Waals surface area contributed by atoms with Crippen LogP contribution in [0.4, 0.5) is 0 Å². The number of nitrogens with two attached hydrogens (primary N) is 2. The van der Waals surface area contributed by atoms with Crippen molar-refractivity contribution in [1.82, 2.24) is 0 Å². The zero-order chi connectivity index (χ0) is 7.28. The minimum atomic E-state index is -0.440. The van der Waals surface area contributed by atoms with Gasteiger partial charge in [-0.3, -0.25) is 4.79 Å². The molecule has 4 N–H and O–H groups in total. The molecule has 0 aromatic heterocycles. The molecule has 0 saturated carbocycles. The molecule has 1 amide bonds. The van der Waals surface area contributed by atoms with Crippen molar-refractivity contribution in [3.05, 3.63) is 0 Å². The maximum atomic E-state index is 10.3. The molecule has 0 aromatic carbocycles. The second-order valence-electron chi connectivity index (χ2n) is 2.15. The van der Waals surface area contributed by atoms with E-state index in [0.717, 1.165) is 12.8 Å². The van der Waals surface area contributed by atoms with Crippen LogP contribution in [0.3, 0.4) is 0 Å². The van der Waals surface area contributed by atoms with Gasteiger partial charge in [0.2, 0.25) is 5.91 Å². The summed E-state index contributed by atoms with van der Waals surface area (Å²) in [5, 5.41) is 0. The summed E-state index contributed by atoms with van der Waals surface area (Å²) < 4.78 is 0. The lowest BCUT2D eigenvalue weighted by Gasteiger charge is -2.03. The number of amides is 1. The molecule has 4 heteroatoms. The average Bonchev–Trinajstić information content (AvgIpc) is 1.82. The number of carbonyl (C=O) groups excluding carboxylic acids is 1. The molecule has 0 aromatic rings. The number of halogens is 1. The van der Waals surface area contributed by atoms with Crippen molar-refractivity contribution in [2.75, 3.05) is 0 Å². The molecule has 0 rings (SSSR count). The third kappa shape index (κ3) is 5.85. The molecule has 0 aliphatic rings. The molecule has 0 fully saturated rings. The number of primary amides is 1. The summed E-state index contributed by atoms with van der Waals surface area (Å²) in [6.45, 7) is 2.05. The molecule has 62 valence electrons. The van der Waals surface area contributed by atoms with Crippen LogP contribution in [0.25, 0.3) is 0 Å². The Morgan fingerprint density at radius 3 is 2.40 bits per heavy atom. The van der Waals surface area contributed by atoms with Gasteiger partial charge in [-0.25, -0.2) is 0 Å². The Bertz CT molecular complexity index is 97.7. The first-order valence-corrected chi connectivity index (χ1v) is 3.23. The Kier molecular flexibility index (Phi) is 8.48. The molecule has 0 aliphatic heterocycles. The van der Waals surface area contributed by atoms with Gasteiger partial charge in [-0.15, -0.1) is 12.4 Å². The van der Waals surface area contributed by atoms with Crippen molar-refractivity contribution >= 4 is 18.3 Å². The highest BCUT2D eigenvalue weighted by molar-refractivity contribution is 5.85. The normalized spacial score (nSPS) is 11.8. The Balaban J connectivity index is 0. The van der Waals surface area contributed by atoms with Crippen molar-refractivity contribution in [2.45, 2.75) is 32.2 Å². The molecule has 0 radical (unpaired) electrons. The van der Waals surface area contributed by atoms with Crippen LogP contribution in [0.1, 0.15) is 26.2 Å². The SMILES string of the molecule is CCCC[C@H](N)C(N)=O.Cl. The largest absolute Gasteiger partial charge is 0.368 e. The van der Waals surface area contributed by atoms with Gasteiger partial charge in [0.05, 0.1) is 6.04 Å². The van der Waals surface area contributed by atoms with Crippen molar-refractivity contribution in [2.24, 2.45) is 11.5 Å². The molecule has 0 bridgehead atoms. The summed E-state index contributed by atoms with van der Waals surface area (Å²) in [6.07, 6.45) is 2.75. The minimum absolute atomic E-state index is 0. The molecule has 0 aliphatic carbocycles. The van der Waals surface area contributed by atoms with Crippen molar-refractivity contribution < 1.29 is 4.79 Å². The standard InChI is InChI=1S/C6H14N2O.ClH/c1-2-3-4-5(7)6(8)9;/h5H,2-4,7H2,1H3,(H2,8,9);1H/t5-;/m0./s1. The van der Waals surface area contributed by atoms with Gasteiger partial charge < -0.3 is 11.5 Å². The minimum Gasteiger partial charge on any atom is -0.368 e. The van der Waals surface area contributed by atoms with E-state index >= 15 is 0 Å². The molecular weight excluding hydrogens is 152 g/mol. The maximum absolute atomic E-state index is 10.3. The Morgan fingerprint density at radius 2 is 2.10 bits per heavy atom. The van der Waals surface area contributed by atoms with Gasteiger partial charge >= 0.3 is 0 Å². The summed E-state index contributed by atoms with van der Waals surface area (Å²) in [7, 11) is 0. The summed E-state index contributed by atoms with van der Waals surface area (Å²) >= 11 is 0. The quantitative estimate of drug-likeness (QED) is 0.635. The summed E-state index contributed by atoms with van der Waals surface area (Å²) in [5.74, 6) is -0.400. The average molecular weight is 167 g/mol. The zero-order valence-corrected chi connectivity index (χ0v) is 6.99. The van der Waals surface area contributed by atoms with Gasteiger partial charge in [0.25, 0.3) is 0 Å². The highest BCUT2D eigenvalue weighted by Gasteiger charge is 2.06. The van der Waals surface area contributed by atoms with E-state index in [1.807, 2.05) is 6.92 Å². The number of carbonyl (C=O) groups is 1. The smallest absolute Gasteiger partial charge is 0.234 e. The monoisotopic (exact) mass is 166 g/mol. The van der Waals surface area contributed by atoms with Crippen LogP contribution in [0.2, 0.25) is 0 Å². The number of hydrogen-bond donors (Lipinski definition) is 2. The Hall–Kier alpha value is -0.280. The van der Waals surface area contributed by atoms with E-state index in [9.17, 15) is 4.79 Å². The zero-order valence-electron chi connectivity index (χ0n) is 6.17. The lowest BCUT2D eigenvalue weighted by atomic mass is 10.1. The Labute approximate surface area is 67.6 Å². The molecule has 1 atom stereocenters. The molecule has 0 saturated heterocycles. The second-order valence-corrected chi connectivity index (χ2v) is 2.15. The first-order valence-electron chi connectivity index (χ1n) is 3.23. The molecule has 10 heavy (non-hydrogen) atoms. The van der Waals surface area contributed by atoms with E-state index in [2.05, 4.69) is 0 Å². The van der Waals surface area contributed by atoms with E-state index < -0.39 is 11.9 Å². The molecule has 0 spiro atoms. The van der Waals surface area contributed by atoms with Crippen molar-refractivity contribution in [3.8, 4) is 0 Å². The Morgan fingerprint density at radius 1 is 1.60 bits per heavy atom. The molecule has 0 unspecified atom stereocenters. The molecule has 0 heterocycles.